The van der Waals surface area contributed by atoms with Crippen molar-refractivity contribution < 1.29 is 13.2 Å². The third kappa shape index (κ3) is 3.95. The summed E-state index contributed by atoms with van der Waals surface area (Å²) < 4.78 is 28.4. The summed E-state index contributed by atoms with van der Waals surface area (Å²) in [6.07, 6.45) is 0. The molecule has 0 bridgehead atoms. The lowest BCUT2D eigenvalue weighted by atomic mass is 10.1. The first-order valence-electron chi connectivity index (χ1n) is 8.44. The van der Waals surface area contributed by atoms with Crippen LogP contribution in [0.5, 0.6) is 0 Å². The number of sulfonamides is 1. The van der Waals surface area contributed by atoms with Crippen LogP contribution in [0.3, 0.4) is 0 Å². The molecule has 2 aromatic rings. The highest BCUT2D eigenvalue weighted by Crippen LogP contribution is 2.39. The molecule has 0 aliphatic carbocycles. The molecule has 5 nitrogen and oxygen atoms in total. The minimum atomic E-state index is -3.70. The number of hydrogen-bond donors (Lipinski definition) is 1. The third-order valence-electron chi connectivity index (χ3n) is 4.31. The first-order chi connectivity index (χ1) is 12.3. The summed E-state index contributed by atoms with van der Waals surface area (Å²) in [6.45, 7) is 5.94. The van der Waals surface area contributed by atoms with E-state index in [1.54, 1.807) is 34.9 Å². The fraction of sp³-hybridized carbons (Fsp3) is 0.316. The van der Waals surface area contributed by atoms with Crippen molar-refractivity contribution in [1.29, 1.82) is 0 Å². The van der Waals surface area contributed by atoms with Gasteiger partial charge >= 0.3 is 0 Å². The molecule has 0 unspecified atom stereocenters. The SMILES string of the molecule is CC(=O)N1C[C@H](C)Sc2ccc(S(=O)(=O)N[C@H](C)c3ccccc3)cc21. The Balaban J connectivity index is 1.92. The highest BCUT2D eigenvalue weighted by molar-refractivity contribution is 8.00. The fourth-order valence-electron chi connectivity index (χ4n) is 2.99. The van der Waals surface area contributed by atoms with Gasteiger partial charge in [-0.2, -0.15) is 0 Å². The van der Waals surface area contributed by atoms with E-state index in [9.17, 15) is 13.2 Å². The number of carbonyl (C=O) groups is 1. The predicted octanol–water partition coefficient (Wildman–Crippen LogP) is 3.57. The van der Waals surface area contributed by atoms with Gasteiger partial charge in [0.2, 0.25) is 15.9 Å². The van der Waals surface area contributed by atoms with Gasteiger partial charge in [-0.3, -0.25) is 4.79 Å². The number of benzene rings is 2. The number of thioether (sulfide) groups is 1. The maximum absolute atomic E-state index is 12.8. The van der Waals surface area contributed by atoms with E-state index in [0.29, 0.717) is 12.2 Å². The summed E-state index contributed by atoms with van der Waals surface area (Å²) in [7, 11) is -3.70. The molecule has 2 atom stereocenters. The number of nitrogens with zero attached hydrogens (tertiary/aromatic N) is 1. The minimum absolute atomic E-state index is 0.0847. The maximum atomic E-state index is 12.8. The Hall–Kier alpha value is -1.83. The van der Waals surface area contributed by atoms with Crippen LogP contribution in [0.4, 0.5) is 5.69 Å². The van der Waals surface area contributed by atoms with Crippen LogP contribution in [0, 0.1) is 0 Å². The Labute approximate surface area is 158 Å². The molecule has 1 N–H and O–H groups in total. The van der Waals surface area contributed by atoms with Gasteiger partial charge in [0, 0.05) is 29.7 Å². The zero-order valence-electron chi connectivity index (χ0n) is 15.0. The first kappa shape index (κ1) is 18.9. The molecule has 2 aromatic carbocycles. The molecule has 0 radical (unpaired) electrons. The molecule has 0 aromatic heterocycles. The van der Waals surface area contributed by atoms with Gasteiger partial charge in [0.25, 0.3) is 0 Å². The van der Waals surface area contributed by atoms with Gasteiger partial charge in [0.05, 0.1) is 10.6 Å². The molecule has 0 spiro atoms. The number of anilines is 1. The predicted molar refractivity (Wildman–Crippen MR) is 105 cm³/mol. The van der Waals surface area contributed by atoms with Crippen LogP contribution in [0.15, 0.2) is 58.3 Å². The lowest BCUT2D eigenvalue weighted by molar-refractivity contribution is -0.116. The van der Waals surface area contributed by atoms with Crippen molar-refractivity contribution >= 4 is 33.4 Å². The van der Waals surface area contributed by atoms with E-state index in [1.165, 1.54) is 6.92 Å². The van der Waals surface area contributed by atoms with Crippen molar-refractivity contribution in [1.82, 2.24) is 4.72 Å². The highest BCUT2D eigenvalue weighted by atomic mass is 32.2. The van der Waals surface area contributed by atoms with Gasteiger partial charge in [0.1, 0.15) is 0 Å². The van der Waals surface area contributed by atoms with Crippen LogP contribution in [-0.4, -0.2) is 26.1 Å². The molecule has 7 heteroatoms. The topological polar surface area (TPSA) is 66.5 Å². The molecule has 1 heterocycles. The summed E-state index contributed by atoms with van der Waals surface area (Å²) in [6, 6.07) is 14.0. The Morgan fingerprint density at radius 2 is 1.92 bits per heavy atom. The molecule has 26 heavy (non-hydrogen) atoms. The normalized spacial score (nSPS) is 18.3. The zero-order valence-corrected chi connectivity index (χ0v) is 16.6. The molecule has 0 saturated carbocycles. The summed E-state index contributed by atoms with van der Waals surface area (Å²) in [4.78, 5) is 14.7. The van der Waals surface area contributed by atoms with E-state index in [-0.39, 0.29) is 22.1 Å². The summed E-state index contributed by atoms with van der Waals surface area (Å²) >= 11 is 1.65. The number of amides is 1. The van der Waals surface area contributed by atoms with Crippen molar-refractivity contribution in [2.24, 2.45) is 0 Å². The summed E-state index contributed by atoms with van der Waals surface area (Å²) in [5.74, 6) is -0.0847. The molecule has 3 rings (SSSR count). The van der Waals surface area contributed by atoms with Gasteiger partial charge in [-0.25, -0.2) is 13.1 Å². The molecule has 1 aliphatic heterocycles. The smallest absolute Gasteiger partial charge is 0.241 e. The zero-order chi connectivity index (χ0) is 18.9. The van der Waals surface area contributed by atoms with Crippen molar-refractivity contribution in [2.75, 3.05) is 11.4 Å². The first-order valence-corrected chi connectivity index (χ1v) is 10.8. The second-order valence-corrected chi connectivity index (χ2v) is 9.64. The van der Waals surface area contributed by atoms with Gasteiger partial charge in [-0.05, 0) is 30.7 Å². The van der Waals surface area contributed by atoms with Gasteiger partial charge < -0.3 is 4.90 Å². The molecule has 1 amide bonds. The molecule has 0 saturated heterocycles. The Bertz CT molecular complexity index is 914. The van der Waals surface area contributed by atoms with Gasteiger partial charge in [-0.1, -0.05) is 37.3 Å². The number of hydrogen-bond acceptors (Lipinski definition) is 4. The van der Waals surface area contributed by atoms with Crippen molar-refractivity contribution in [3.05, 3.63) is 54.1 Å². The maximum Gasteiger partial charge on any atom is 0.241 e. The van der Waals surface area contributed by atoms with E-state index in [2.05, 4.69) is 11.6 Å². The van der Waals surface area contributed by atoms with E-state index >= 15 is 0 Å². The van der Waals surface area contributed by atoms with Crippen LogP contribution in [0.1, 0.15) is 32.4 Å². The average Bonchev–Trinajstić information content (AvgIpc) is 2.60. The van der Waals surface area contributed by atoms with Crippen LogP contribution in [-0.2, 0) is 14.8 Å². The quantitative estimate of drug-likeness (QED) is 0.867. The molecule has 1 aliphatic rings. The molecular formula is C19H22N2O3S2. The number of nitrogens with one attached hydrogen (secondary N) is 1. The number of fused-ring (bicyclic) bond motifs is 1. The Morgan fingerprint density at radius 3 is 2.58 bits per heavy atom. The Kier molecular flexibility index (Phi) is 5.41. The van der Waals surface area contributed by atoms with Gasteiger partial charge in [-0.15, -0.1) is 11.8 Å². The summed E-state index contributed by atoms with van der Waals surface area (Å²) in [5.41, 5.74) is 1.56. The lowest BCUT2D eigenvalue weighted by Crippen LogP contribution is -2.37. The van der Waals surface area contributed by atoms with Crippen LogP contribution >= 0.6 is 11.8 Å². The van der Waals surface area contributed by atoms with E-state index in [1.807, 2.05) is 37.3 Å². The minimum Gasteiger partial charge on any atom is -0.310 e. The highest BCUT2D eigenvalue weighted by Gasteiger charge is 2.27. The monoisotopic (exact) mass is 390 g/mol. The molecule has 138 valence electrons. The molecular weight excluding hydrogens is 368 g/mol. The van der Waals surface area contributed by atoms with E-state index in [0.717, 1.165) is 10.5 Å². The third-order valence-corrected chi connectivity index (χ3v) is 7.00. The van der Waals surface area contributed by atoms with Gasteiger partial charge in [0.15, 0.2) is 0 Å². The fourth-order valence-corrected chi connectivity index (χ4v) is 5.34. The van der Waals surface area contributed by atoms with Crippen molar-refractivity contribution in [3.8, 4) is 0 Å². The van der Waals surface area contributed by atoms with Crippen LogP contribution < -0.4 is 9.62 Å². The molecule has 0 fully saturated rings. The second-order valence-electron chi connectivity index (χ2n) is 6.44. The average molecular weight is 391 g/mol. The standard InChI is InChI=1S/C19H22N2O3S2/c1-13-12-21(15(3)22)18-11-17(9-10-19(18)25-13)26(23,24)20-14(2)16-7-5-4-6-8-16/h4-11,13-14,20H,12H2,1-3H3/t13-,14+/m0/s1. The Morgan fingerprint density at radius 1 is 1.23 bits per heavy atom. The lowest BCUT2D eigenvalue weighted by Gasteiger charge is -2.32. The number of rotatable bonds is 4. The number of carbonyl (C=O) groups excluding carboxylic acids is 1. The van der Waals surface area contributed by atoms with Crippen LogP contribution in [0.25, 0.3) is 0 Å². The van der Waals surface area contributed by atoms with Crippen molar-refractivity contribution in [2.45, 2.75) is 41.9 Å². The van der Waals surface area contributed by atoms with E-state index in [4.69, 9.17) is 0 Å². The van der Waals surface area contributed by atoms with Crippen LogP contribution in [0.2, 0.25) is 0 Å². The second kappa shape index (κ2) is 7.42. The largest absolute Gasteiger partial charge is 0.310 e. The van der Waals surface area contributed by atoms with E-state index < -0.39 is 10.0 Å². The summed E-state index contributed by atoms with van der Waals surface area (Å²) in [5, 5.41) is 0.269. The van der Waals surface area contributed by atoms with Crippen molar-refractivity contribution in [3.63, 3.8) is 0 Å².